The number of thioether (sulfide) groups is 1. The van der Waals surface area contributed by atoms with Crippen LogP contribution < -0.4 is 10.6 Å². The van der Waals surface area contributed by atoms with E-state index in [4.69, 9.17) is 11.6 Å². The van der Waals surface area contributed by atoms with Crippen molar-refractivity contribution in [3.05, 3.63) is 29.3 Å². The summed E-state index contributed by atoms with van der Waals surface area (Å²) in [5.74, 6) is -0.0655. The van der Waals surface area contributed by atoms with Gasteiger partial charge in [0.15, 0.2) is 4.34 Å². The van der Waals surface area contributed by atoms with Crippen LogP contribution in [0.2, 0.25) is 5.02 Å². The Morgan fingerprint density at radius 2 is 1.96 bits per heavy atom. The molecule has 2 aromatic rings. The summed E-state index contributed by atoms with van der Waals surface area (Å²) in [5.41, 5.74) is 0.735. The van der Waals surface area contributed by atoms with Gasteiger partial charge in [0.25, 0.3) is 0 Å². The van der Waals surface area contributed by atoms with Crippen molar-refractivity contribution in [1.82, 2.24) is 10.2 Å². The Hall–Kier alpha value is -1.31. The third-order valence-electron chi connectivity index (χ3n) is 4.10. The van der Waals surface area contributed by atoms with Crippen LogP contribution in [-0.4, -0.2) is 27.4 Å². The monoisotopic (exact) mass is 396 g/mol. The molecule has 2 N–H and O–H groups in total. The average Bonchev–Trinajstić information content (AvgIpc) is 3.04. The van der Waals surface area contributed by atoms with E-state index >= 15 is 0 Å². The fourth-order valence-corrected chi connectivity index (χ4v) is 4.82. The molecule has 0 radical (unpaired) electrons. The number of hydrogen-bond acceptors (Lipinski definition) is 6. The van der Waals surface area contributed by atoms with Crippen molar-refractivity contribution in [2.45, 2.75) is 54.7 Å². The summed E-state index contributed by atoms with van der Waals surface area (Å²) in [4.78, 5) is 12.3. The molecule has 25 heavy (non-hydrogen) atoms. The Morgan fingerprint density at radius 3 is 2.68 bits per heavy atom. The van der Waals surface area contributed by atoms with Crippen LogP contribution in [0.15, 0.2) is 28.6 Å². The lowest BCUT2D eigenvalue weighted by Crippen LogP contribution is -2.22. The van der Waals surface area contributed by atoms with Crippen LogP contribution in [-0.2, 0) is 4.79 Å². The molecule has 1 amide bonds. The van der Waals surface area contributed by atoms with E-state index in [1.54, 1.807) is 24.3 Å². The first kappa shape index (κ1) is 18.5. The second-order valence-electron chi connectivity index (χ2n) is 6.11. The second-order valence-corrected chi connectivity index (χ2v) is 9.11. The molecule has 1 aliphatic carbocycles. The van der Waals surface area contributed by atoms with Crippen LogP contribution in [0, 0.1) is 0 Å². The maximum atomic E-state index is 12.3. The van der Waals surface area contributed by atoms with E-state index in [2.05, 4.69) is 20.8 Å². The molecule has 1 fully saturated rings. The molecule has 1 aromatic heterocycles. The highest BCUT2D eigenvalue weighted by Crippen LogP contribution is 2.31. The molecule has 0 saturated heterocycles. The van der Waals surface area contributed by atoms with E-state index in [9.17, 15) is 4.79 Å². The van der Waals surface area contributed by atoms with Crippen molar-refractivity contribution >= 4 is 51.4 Å². The first-order valence-electron chi connectivity index (χ1n) is 8.43. The maximum Gasteiger partial charge on any atom is 0.237 e. The van der Waals surface area contributed by atoms with E-state index in [1.165, 1.54) is 55.2 Å². The lowest BCUT2D eigenvalue weighted by molar-refractivity contribution is -0.115. The third-order valence-corrected chi connectivity index (χ3v) is 6.39. The fourth-order valence-electron chi connectivity index (χ4n) is 2.72. The minimum absolute atomic E-state index is 0.0655. The summed E-state index contributed by atoms with van der Waals surface area (Å²) in [7, 11) is 0. The lowest BCUT2D eigenvalue weighted by atomic mass is 9.96. The van der Waals surface area contributed by atoms with Crippen molar-refractivity contribution in [1.29, 1.82) is 0 Å². The van der Waals surface area contributed by atoms with Gasteiger partial charge in [-0.15, -0.1) is 10.2 Å². The number of hydrogen-bond donors (Lipinski definition) is 2. The van der Waals surface area contributed by atoms with Crippen molar-refractivity contribution in [3.8, 4) is 0 Å². The molecular formula is C17H21ClN4OS2. The number of nitrogens with zero attached hydrogens (tertiary/aromatic N) is 2. The van der Waals surface area contributed by atoms with Gasteiger partial charge < -0.3 is 10.6 Å². The zero-order chi connectivity index (χ0) is 17.6. The standard InChI is InChI=1S/C17H21ClN4OS2/c1-11(15(23)19-14-9-7-12(18)8-10-14)24-17-22-21-16(25-17)20-13-5-3-2-4-6-13/h7-11,13H,2-6H2,1H3,(H,19,23)(H,20,21). The van der Waals surface area contributed by atoms with Crippen molar-refractivity contribution in [2.24, 2.45) is 0 Å². The summed E-state index contributed by atoms with van der Waals surface area (Å²) in [6.07, 6.45) is 6.28. The third kappa shape index (κ3) is 5.59. The van der Waals surface area contributed by atoms with Crippen LogP contribution in [0.4, 0.5) is 10.8 Å². The number of aromatic nitrogens is 2. The number of halogens is 1. The first-order valence-corrected chi connectivity index (χ1v) is 10.5. The van der Waals surface area contributed by atoms with Crippen LogP contribution in [0.25, 0.3) is 0 Å². The molecule has 1 unspecified atom stereocenters. The second kappa shape index (κ2) is 8.87. The molecule has 1 atom stereocenters. The molecule has 0 aliphatic heterocycles. The average molecular weight is 397 g/mol. The number of carbonyl (C=O) groups excluding carboxylic acids is 1. The van der Waals surface area contributed by atoms with E-state index < -0.39 is 0 Å². The minimum atomic E-state index is -0.258. The van der Waals surface area contributed by atoms with Gasteiger partial charge in [0.1, 0.15) is 0 Å². The van der Waals surface area contributed by atoms with E-state index in [-0.39, 0.29) is 11.2 Å². The summed E-state index contributed by atoms with van der Waals surface area (Å²) in [6.45, 7) is 1.87. The molecule has 1 aliphatic rings. The molecule has 1 saturated carbocycles. The van der Waals surface area contributed by atoms with Gasteiger partial charge in [-0.05, 0) is 44.0 Å². The molecular weight excluding hydrogens is 376 g/mol. The Bertz CT molecular complexity index is 701. The zero-order valence-electron chi connectivity index (χ0n) is 14.0. The van der Waals surface area contributed by atoms with Crippen molar-refractivity contribution in [3.63, 3.8) is 0 Å². The van der Waals surface area contributed by atoms with E-state index in [0.29, 0.717) is 11.1 Å². The molecule has 1 heterocycles. The summed E-state index contributed by atoms with van der Waals surface area (Å²) < 4.78 is 0.803. The molecule has 134 valence electrons. The highest BCUT2D eigenvalue weighted by atomic mass is 35.5. The highest BCUT2D eigenvalue weighted by molar-refractivity contribution is 8.02. The molecule has 0 bridgehead atoms. The minimum Gasteiger partial charge on any atom is -0.357 e. The first-order chi connectivity index (χ1) is 12.1. The Labute approximate surface area is 161 Å². The van der Waals surface area contributed by atoms with Crippen LogP contribution in [0.5, 0.6) is 0 Å². The predicted octanol–water partition coefficient (Wildman–Crippen LogP) is 5.06. The summed E-state index contributed by atoms with van der Waals surface area (Å²) in [5, 5.41) is 16.0. The Kier molecular flexibility index (Phi) is 6.56. The van der Waals surface area contributed by atoms with Gasteiger partial charge in [-0.25, -0.2) is 0 Å². The number of carbonyl (C=O) groups is 1. The topological polar surface area (TPSA) is 66.9 Å². The largest absolute Gasteiger partial charge is 0.357 e. The fraction of sp³-hybridized carbons (Fsp3) is 0.471. The molecule has 1 aromatic carbocycles. The molecule has 5 nitrogen and oxygen atoms in total. The summed E-state index contributed by atoms with van der Waals surface area (Å²) >= 11 is 8.79. The Balaban J connectivity index is 1.51. The number of nitrogens with one attached hydrogen (secondary N) is 2. The quantitative estimate of drug-likeness (QED) is 0.668. The van der Waals surface area contributed by atoms with Gasteiger partial charge in [0.05, 0.1) is 5.25 Å². The van der Waals surface area contributed by atoms with Crippen molar-refractivity contribution < 1.29 is 4.79 Å². The number of amides is 1. The van der Waals surface area contributed by atoms with Gasteiger partial charge in [-0.2, -0.15) is 0 Å². The normalized spacial score (nSPS) is 16.4. The van der Waals surface area contributed by atoms with Crippen LogP contribution >= 0.6 is 34.7 Å². The van der Waals surface area contributed by atoms with Crippen LogP contribution in [0.3, 0.4) is 0 Å². The van der Waals surface area contributed by atoms with E-state index in [0.717, 1.165) is 15.2 Å². The maximum absolute atomic E-state index is 12.3. The Morgan fingerprint density at radius 1 is 1.24 bits per heavy atom. The smallest absolute Gasteiger partial charge is 0.237 e. The van der Waals surface area contributed by atoms with Gasteiger partial charge in [-0.1, -0.05) is 54.0 Å². The van der Waals surface area contributed by atoms with Crippen LogP contribution in [0.1, 0.15) is 39.0 Å². The summed E-state index contributed by atoms with van der Waals surface area (Å²) in [6, 6.07) is 7.58. The SMILES string of the molecule is CC(Sc1nnc(NC2CCCCC2)s1)C(=O)Nc1ccc(Cl)cc1. The lowest BCUT2D eigenvalue weighted by Gasteiger charge is -2.21. The van der Waals surface area contributed by atoms with Gasteiger partial charge in [0, 0.05) is 16.8 Å². The number of rotatable bonds is 6. The molecule has 0 spiro atoms. The van der Waals surface area contributed by atoms with Gasteiger partial charge >= 0.3 is 0 Å². The molecule has 8 heteroatoms. The molecule has 3 rings (SSSR count). The van der Waals surface area contributed by atoms with Crippen molar-refractivity contribution in [2.75, 3.05) is 10.6 Å². The highest BCUT2D eigenvalue weighted by Gasteiger charge is 2.19. The van der Waals surface area contributed by atoms with Gasteiger partial charge in [-0.3, -0.25) is 4.79 Å². The predicted molar refractivity (Wildman–Crippen MR) is 106 cm³/mol. The zero-order valence-corrected chi connectivity index (χ0v) is 16.4. The van der Waals surface area contributed by atoms with E-state index in [1.807, 2.05) is 6.92 Å². The number of anilines is 2. The number of benzene rings is 1. The van der Waals surface area contributed by atoms with Gasteiger partial charge in [0.2, 0.25) is 11.0 Å².